The molecule has 6 rings (SSSR count). The predicted octanol–water partition coefficient (Wildman–Crippen LogP) is 5.19. The van der Waals surface area contributed by atoms with Crippen LogP contribution in [0.25, 0.3) is 16.7 Å². The van der Waals surface area contributed by atoms with Gasteiger partial charge in [0, 0.05) is 54.3 Å². The topological polar surface area (TPSA) is 97.9 Å². The zero-order valence-electron chi connectivity index (χ0n) is 21.3. The number of rotatable bonds is 5. The number of nitrogens with one attached hydrogen (secondary N) is 1. The van der Waals surface area contributed by atoms with Gasteiger partial charge in [-0.05, 0) is 66.8 Å². The van der Waals surface area contributed by atoms with Gasteiger partial charge in [-0.25, -0.2) is 9.67 Å². The van der Waals surface area contributed by atoms with Crippen LogP contribution in [0.4, 0.5) is 5.69 Å². The maximum atomic E-state index is 13.1. The van der Waals surface area contributed by atoms with Crippen molar-refractivity contribution >= 4 is 44.3 Å². The van der Waals surface area contributed by atoms with Crippen LogP contribution in [-0.4, -0.2) is 54.3 Å². The lowest BCUT2D eigenvalue weighted by atomic mass is 9.89. The van der Waals surface area contributed by atoms with E-state index in [4.69, 9.17) is 0 Å². The Kier molecular flexibility index (Phi) is 6.70. The number of carbonyl (C=O) groups excluding carboxylic acids is 2. The number of amides is 2. The smallest absolute Gasteiger partial charge is 0.256 e. The molecule has 0 atom stereocenters. The Morgan fingerprint density at radius 3 is 2.49 bits per heavy atom. The normalized spacial score (nSPS) is 14.1. The highest BCUT2D eigenvalue weighted by Crippen LogP contribution is 2.30. The van der Waals surface area contributed by atoms with E-state index in [2.05, 4.69) is 48.6 Å². The van der Waals surface area contributed by atoms with Crippen molar-refractivity contribution in [2.24, 2.45) is 7.05 Å². The number of anilines is 1. The highest BCUT2D eigenvalue weighted by Gasteiger charge is 2.25. The molecule has 2 aromatic carbocycles. The van der Waals surface area contributed by atoms with E-state index in [0.29, 0.717) is 36.0 Å². The molecule has 0 bridgehead atoms. The molecular weight excluding hydrogens is 558 g/mol. The second-order valence-corrected chi connectivity index (χ2v) is 10.6. The molecule has 0 aliphatic carbocycles. The van der Waals surface area contributed by atoms with Crippen LogP contribution >= 0.6 is 15.9 Å². The number of nitrogens with zero attached hydrogens (tertiary/aromatic N) is 6. The first-order chi connectivity index (χ1) is 19.0. The van der Waals surface area contributed by atoms with Gasteiger partial charge in [-0.15, -0.1) is 0 Å². The number of aryl methyl sites for hydroxylation is 1. The second kappa shape index (κ2) is 10.5. The minimum absolute atomic E-state index is 0.00120. The van der Waals surface area contributed by atoms with Crippen molar-refractivity contribution in [1.29, 1.82) is 0 Å². The third kappa shape index (κ3) is 5.07. The van der Waals surface area contributed by atoms with E-state index >= 15 is 0 Å². The molecule has 5 aromatic rings. The van der Waals surface area contributed by atoms with Crippen molar-refractivity contribution in [3.05, 3.63) is 101 Å². The van der Waals surface area contributed by atoms with Crippen LogP contribution in [0.2, 0.25) is 0 Å². The number of hydrogen-bond donors (Lipinski definition) is 1. The van der Waals surface area contributed by atoms with Crippen molar-refractivity contribution in [1.82, 2.24) is 29.4 Å². The van der Waals surface area contributed by atoms with Crippen LogP contribution in [0, 0.1) is 0 Å². The maximum Gasteiger partial charge on any atom is 0.256 e. The molecule has 0 radical (unpaired) electrons. The Labute approximate surface area is 233 Å². The van der Waals surface area contributed by atoms with Crippen LogP contribution in [0.15, 0.2) is 83.9 Å². The highest BCUT2D eigenvalue weighted by molar-refractivity contribution is 9.10. The van der Waals surface area contributed by atoms with Gasteiger partial charge in [-0.2, -0.15) is 10.2 Å². The van der Waals surface area contributed by atoms with Crippen molar-refractivity contribution < 1.29 is 9.59 Å². The Bertz CT molecular complexity index is 1640. The average Bonchev–Trinajstić information content (AvgIpc) is 3.63. The summed E-state index contributed by atoms with van der Waals surface area (Å²) in [5.74, 6) is 0.860. The first kappa shape index (κ1) is 25.0. The molecule has 4 heterocycles. The molecule has 1 fully saturated rings. The maximum absolute atomic E-state index is 13.1. The quantitative estimate of drug-likeness (QED) is 0.307. The van der Waals surface area contributed by atoms with E-state index in [-0.39, 0.29) is 11.8 Å². The van der Waals surface area contributed by atoms with E-state index in [1.54, 1.807) is 34.0 Å². The lowest BCUT2D eigenvalue weighted by Crippen LogP contribution is -2.38. The number of hydrogen-bond acceptors (Lipinski definition) is 5. The van der Waals surface area contributed by atoms with E-state index in [1.807, 2.05) is 54.5 Å². The van der Waals surface area contributed by atoms with Gasteiger partial charge in [0.25, 0.3) is 11.8 Å². The summed E-state index contributed by atoms with van der Waals surface area (Å²) in [6.07, 6.45) is 8.60. The average molecular weight is 584 g/mol. The van der Waals surface area contributed by atoms with Gasteiger partial charge >= 0.3 is 0 Å². The molecule has 196 valence electrons. The zero-order chi connectivity index (χ0) is 26.9. The van der Waals surface area contributed by atoms with Crippen LogP contribution in [0.5, 0.6) is 0 Å². The lowest BCUT2D eigenvalue weighted by molar-refractivity contribution is 0.0712. The van der Waals surface area contributed by atoms with Gasteiger partial charge in [0.15, 0.2) is 5.82 Å². The van der Waals surface area contributed by atoms with E-state index < -0.39 is 0 Å². The van der Waals surface area contributed by atoms with Crippen molar-refractivity contribution in [2.75, 3.05) is 18.4 Å². The Morgan fingerprint density at radius 2 is 1.79 bits per heavy atom. The fraction of sp³-hybridized carbons (Fsp3) is 0.207. The van der Waals surface area contributed by atoms with Gasteiger partial charge in [-0.3, -0.25) is 14.3 Å². The molecular formula is C29H26BrN7O2. The first-order valence-electron chi connectivity index (χ1n) is 12.7. The molecule has 9 nitrogen and oxygen atoms in total. The zero-order valence-corrected chi connectivity index (χ0v) is 22.9. The molecule has 0 unspecified atom stereocenters. The monoisotopic (exact) mass is 583 g/mol. The van der Waals surface area contributed by atoms with Crippen LogP contribution in [0.3, 0.4) is 0 Å². The minimum atomic E-state index is -0.180. The molecule has 3 aromatic heterocycles. The number of pyridine rings is 1. The largest absolute Gasteiger partial charge is 0.339 e. The summed E-state index contributed by atoms with van der Waals surface area (Å²) < 4.78 is 4.24. The Hall–Kier alpha value is -4.31. The minimum Gasteiger partial charge on any atom is -0.339 e. The van der Waals surface area contributed by atoms with E-state index in [9.17, 15) is 9.59 Å². The summed E-state index contributed by atoms with van der Waals surface area (Å²) in [6.45, 7) is 1.37. The summed E-state index contributed by atoms with van der Waals surface area (Å²) in [7, 11) is 1.85. The van der Waals surface area contributed by atoms with E-state index in [1.165, 1.54) is 5.56 Å². The van der Waals surface area contributed by atoms with Gasteiger partial charge in [-0.1, -0.05) is 28.1 Å². The molecule has 0 saturated carbocycles. The molecule has 1 N–H and O–H groups in total. The van der Waals surface area contributed by atoms with Crippen LogP contribution < -0.4 is 5.32 Å². The van der Waals surface area contributed by atoms with Gasteiger partial charge in [0.2, 0.25) is 0 Å². The molecule has 0 spiro atoms. The fourth-order valence-electron chi connectivity index (χ4n) is 5.09. The lowest BCUT2D eigenvalue weighted by Gasteiger charge is -2.32. The summed E-state index contributed by atoms with van der Waals surface area (Å²) in [4.78, 5) is 32.4. The van der Waals surface area contributed by atoms with Gasteiger partial charge in [0.05, 0.1) is 22.8 Å². The molecule has 39 heavy (non-hydrogen) atoms. The van der Waals surface area contributed by atoms with Crippen molar-refractivity contribution in [2.45, 2.75) is 18.8 Å². The molecule has 1 aliphatic rings. The summed E-state index contributed by atoms with van der Waals surface area (Å²) >= 11 is 3.49. The SMILES string of the molecule is Cn1ncc2c(C(=O)Nc3ccc(C4CCN(C(=O)c5ccc(-n6cccn6)nc5)CC4)cc3)cc(Br)cc21. The molecule has 1 aliphatic heterocycles. The second-order valence-electron chi connectivity index (χ2n) is 9.65. The number of likely N-dealkylation sites (tertiary alicyclic amines) is 1. The third-order valence-electron chi connectivity index (χ3n) is 7.23. The summed E-state index contributed by atoms with van der Waals surface area (Å²) in [5.41, 5.74) is 3.98. The Balaban J connectivity index is 1.06. The highest BCUT2D eigenvalue weighted by atomic mass is 79.9. The van der Waals surface area contributed by atoms with Crippen molar-refractivity contribution in [3.8, 4) is 5.82 Å². The Morgan fingerprint density at radius 1 is 1.00 bits per heavy atom. The predicted molar refractivity (Wildman–Crippen MR) is 152 cm³/mol. The number of fused-ring (bicyclic) bond motifs is 1. The number of piperidine rings is 1. The fourth-order valence-corrected chi connectivity index (χ4v) is 5.54. The van der Waals surface area contributed by atoms with Gasteiger partial charge in [0.1, 0.15) is 0 Å². The first-order valence-corrected chi connectivity index (χ1v) is 13.5. The van der Waals surface area contributed by atoms with Crippen LogP contribution in [0.1, 0.15) is 45.0 Å². The molecule has 10 heteroatoms. The van der Waals surface area contributed by atoms with Crippen molar-refractivity contribution in [3.63, 3.8) is 0 Å². The summed E-state index contributed by atoms with van der Waals surface area (Å²) in [6, 6.07) is 17.2. The number of aromatic nitrogens is 5. The summed E-state index contributed by atoms with van der Waals surface area (Å²) in [5, 5.41) is 12.3. The van der Waals surface area contributed by atoms with Crippen LogP contribution in [-0.2, 0) is 7.05 Å². The third-order valence-corrected chi connectivity index (χ3v) is 7.69. The van der Waals surface area contributed by atoms with E-state index in [0.717, 1.165) is 33.9 Å². The number of halogens is 1. The molecule has 1 saturated heterocycles. The molecule has 2 amide bonds. The van der Waals surface area contributed by atoms with Gasteiger partial charge < -0.3 is 10.2 Å². The number of carbonyl (C=O) groups is 2. The standard InChI is InChI=1S/C29H26BrN7O2/c1-35-26-16-22(30)15-24(25(26)18-33-35)28(38)34-23-6-3-19(4-7-23)20-9-13-36(14-10-20)29(39)21-5-8-27(31-17-21)37-12-2-11-32-37/h2-8,11-12,15-18,20H,9-10,13-14H2,1H3,(H,34,38). The number of benzene rings is 2.